The van der Waals surface area contributed by atoms with Crippen LogP contribution in [0.5, 0.6) is 5.75 Å². The highest BCUT2D eigenvalue weighted by Crippen LogP contribution is 2.24. The number of halogens is 3. The van der Waals surface area contributed by atoms with Crippen LogP contribution in [0.25, 0.3) is 0 Å². The SMILES string of the molecule is CC(Oc1cccc(C=O)c1)C(F)(F)F. The predicted molar refractivity (Wildman–Crippen MR) is 48.0 cm³/mol. The molecule has 0 amide bonds. The molecule has 0 radical (unpaired) electrons. The van der Waals surface area contributed by atoms with E-state index in [1.165, 1.54) is 24.3 Å². The van der Waals surface area contributed by atoms with E-state index in [-0.39, 0.29) is 11.3 Å². The van der Waals surface area contributed by atoms with Crippen molar-refractivity contribution in [1.82, 2.24) is 0 Å². The minimum Gasteiger partial charge on any atom is -0.481 e. The number of aldehydes is 1. The van der Waals surface area contributed by atoms with Gasteiger partial charge < -0.3 is 4.74 Å². The maximum absolute atomic E-state index is 12.1. The Hall–Kier alpha value is -1.52. The molecule has 1 aromatic rings. The molecular formula is C10H9F3O2. The number of carbonyl (C=O) groups is 1. The Morgan fingerprint density at radius 1 is 1.40 bits per heavy atom. The number of hydrogen-bond acceptors (Lipinski definition) is 2. The Morgan fingerprint density at radius 3 is 2.60 bits per heavy atom. The summed E-state index contributed by atoms with van der Waals surface area (Å²) in [7, 11) is 0. The van der Waals surface area contributed by atoms with E-state index in [1.807, 2.05) is 0 Å². The van der Waals surface area contributed by atoms with Gasteiger partial charge in [0.2, 0.25) is 0 Å². The fourth-order valence-electron chi connectivity index (χ4n) is 0.932. The molecule has 0 heterocycles. The number of rotatable bonds is 3. The molecule has 0 aliphatic heterocycles. The third kappa shape index (κ3) is 3.27. The summed E-state index contributed by atoms with van der Waals surface area (Å²) in [5.41, 5.74) is 0.280. The van der Waals surface area contributed by atoms with Gasteiger partial charge in [-0.1, -0.05) is 12.1 Å². The Bertz CT molecular complexity index is 347. The Labute approximate surface area is 84.7 Å². The molecule has 1 atom stereocenters. The lowest BCUT2D eigenvalue weighted by atomic mass is 10.2. The molecule has 0 fully saturated rings. The molecule has 1 rings (SSSR count). The van der Waals surface area contributed by atoms with Gasteiger partial charge >= 0.3 is 6.18 Å². The van der Waals surface area contributed by atoms with Crippen LogP contribution in [-0.4, -0.2) is 18.6 Å². The normalized spacial score (nSPS) is 13.3. The third-order valence-corrected chi connectivity index (χ3v) is 1.77. The van der Waals surface area contributed by atoms with Crippen LogP contribution in [0, 0.1) is 0 Å². The molecule has 0 aliphatic carbocycles. The van der Waals surface area contributed by atoms with Crippen LogP contribution in [-0.2, 0) is 0 Å². The molecule has 0 aliphatic rings. The van der Waals surface area contributed by atoms with Gasteiger partial charge in [0.1, 0.15) is 12.0 Å². The smallest absolute Gasteiger partial charge is 0.425 e. The number of benzene rings is 1. The quantitative estimate of drug-likeness (QED) is 0.729. The van der Waals surface area contributed by atoms with E-state index in [9.17, 15) is 18.0 Å². The van der Waals surface area contributed by atoms with E-state index in [2.05, 4.69) is 4.74 Å². The van der Waals surface area contributed by atoms with Gasteiger partial charge in [-0.25, -0.2) is 0 Å². The molecule has 82 valence electrons. The van der Waals surface area contributed by atoms with Crippen molar-refractivity contribution in [3.63, 3.8) is 0 Å². The molecule has 0 spiro atoms. The molecule has 5 heteroatoms. The number of ether oxygens (including phenoxy) is 1. The van der Waals surface area contributed by atoms with Crippen molar-refractivity contribution < 1.29 is 22.7 Å². The first-order valence-corrected chi connectivity index (χ1v) is 4.22. The van der Waals surface area contributed by atoms with Gasteiger partial charge in [0.15, 0.2) is 6.10 Å². The summed E-state index contributed by atoms with van der Waals surface area (Å²) in [6.45, 7) is 0.910. The van der Waals surface area contributed by atoms with E-state index < -0.39 is 12.3 Å². The second kappa shape index (κ2) is 4.33. The zero-order valence-corrected chi connectivity index (χ0v) is 7.91. The molecule has 1 unspecified atom stereocenters. The fourth-order valence-corrected chi connectivity index (χ4v) is 0.932. The van der Waals surface area contributed by atoms with Gasteiger partial charge in [0, 0.05) is 5.56 Å². The number of hydrogen-bond donors (Lipinski definition) is 0. The zero-order chi connectivity index (χ0) is 11.5. The van der Waals surface area contributed by atoms with Gasteiger partial charge in [-0.2, -0.15) is 13.2 Å². The Kier molecular flexibility index (Phi) is 3.34. The standard InChI is InChI=1S/C10H9F3O2/c1-7(10(11,12)13)15-9-4-2-3-8(5-9)6-14/h2-7H,1H3. The Balaban J connectivity index is 2.76. The molecule has 15 heavy (non-hydrogen) atoms. The highest BCUT2D eigenvalue weighted by atomic mass is 19.4. The highest BCUT2D eigenvalue weighted by Gasteiger charge is 2.37. The van der Waals surface area contributed by atoms with E-state index in [0.29, 0.717) is 6.29 Å². The van der Waals surface area contributed by atoms with Crippen LogP contribution >= 0.6 is 0 Å². The molecule has 1 aromatic carbocycles. The monoisotopic (exact) mass is 218 g/mol. The maximum Gasteiger partial charge on any atom is 0.425 e. The highest BCUT2D eigenvalue weighted by molar-refractivity contribution is 5.75. The van der Waals surface area contributed by atoms with Crippen LogP contribution in [0.15, 0.2) is 24.3 Å². The molecular weight excluding hydrogens is 209 g/mol. The summed E-state index contributed by atoms with van der Waals surface area (Å²) in [5.74, 6) is 0.0319. The predicted octanol–water partition coefficient (Wildman–Crippen LogP) is 2.83. The Morgan fingerprint density at radius 2 is 2.07 bits per heavy atom. The largest absolute Gasteiger partial charge is 0.481 e. The van der Waals surface area contributed by atoms with Gasteiger partial charge in [-0.3, -0.25) is 4.79 Å². The van der Waals surface area contributed by atoms with Crippen molar-refractivity contribution in [2.75, 3.05) is 0 Å². The van der Waals surface area contributed by atoms with Crippen molar-refractivity contribution in [2.45, 2.75) is 19.2 Å². The van der Waals surface area contributed by atoms with Crippen molar-refractivity contribution in [2.24, 2.45) is 0 Å². The first-order chi connectivity index (χ1) is 6.93. The molecule has 0 aromatic heterocycles. The summed E-state index contributed by atoms with van der Waals surface area (Å²) in [4.78, 5) is 10.4. The van der Waals surface area contributed by atoms with Gasteiger partial charge in [0.25, 0.3) is 0 Å². The minimum atomic E-state index is -4.41. The van der Waals surface area contributed by atoms with Crippen molar-refractivity contribution >= 4 is 6.29 Å². The lowest BCUT2D eigenvalue weighted by Crippen LogP contribution is -2.31. The fraction of sp³-hybridized carbons (Fsp3) is 0.300. The zero-order valence-electron chi connectivity index (χ0n) is 7.91. The van der Waals surface area contributed by atoms with E-state index >= 15 is 0 Å². The summed E-state index contributed by atoms with van der Waals surface area (Å²) in [6, 6.07) is 5.57. The molecule has 2 nitrogen and oxygen atoms in total. The van der Waals surface area contributed by atoms with Gasteiger partial charge in [-0.05, 0) is 19.1 Å². The van der Waals surface area contributed by atoms with Crippen molar-refractivity contribution in [3.05, 3.63) is 29.8 Å². The summed E-state index contributed by atoms with van der Waals surface area (Å²) < 4.78 is 41.0. The second-order valence-corrected chi connectivity index (χ2v) is 2.99. The van der Waals surface area contributed by atoms with Gasteiger partial charge in [0.05, 0.1) is 0 Å². The van der Waals surface area contributed by atoms with Crippen LogP contribution in [0.2, 0.25) is 0 Å². The lowest BCUT2D eigenvalue weighted by Gasteiger charge is -2.17. The molecule has 0 N–H and O–H groups in total. The average Bonchev–Trinajstić information content (AvgIpc) is 2.16. The molecule has 0 bridgehead atoms. The average molecular weight is 218 g/mol. The molecule has 0 saturated carbocycles. The summed E-state index contributed by atoms with van der Waals surface area (Å²) >= 11 is 0. The van der Waals surface area contributed by atoms with E-state index in [4.69, 9.17) is 0 Å². The van der Waals surface area contributed by atoms with Crippen molar-refractivity contribution in [1.29, 1.82) is 0 Å². The van der Waals surface area contributed by atoms with Crippen LogP contribution in [0.4, 0.5) is 13.2 Å². The van der Waals surface area contributed by atoms with E-state index in [1.54, 1.807) is 0 Å². The summed E-state index contributed by atoms with van der Waals surface area (Å²) in [6.07, 6.45) is -5.75. The minimum absolute atomic E-state index is 0.0319. The van der Waals surface area contributed by atoms with Crippen molar-refractivity contribution in [3.8, 4) is 5.75 Å². The topological polar surface area (TPSA) is 26.3 Å². The molecule has 0 saturated heterocycles. The first-order valence-electron chi connectivity index (χ1n) is 4.22. The third-order valence-electron chi connectivity index (χ3n) is 1.77. The summed E-state index contributed by atoms with van der Waals surface area (Å²) in [5, 5.41) is 0. The van der Waals surface area contributed by atoms with E-state index in [0.717, 1.165) is 6.92 Å². The van der Waals surface area contributed by atoms with Crippen LogP contribution in [0.3, 0.4) is 0 Å². The number of alkyl halides is 3. The first kappa shape index (κ1) is 11.6. The van der Waals surface area contributed by atoms with Crippen LogP contribution in [0.1, 0.15) is 17.3 Å². The maximum atomic E-state index is 12.1. The van der Waals surface area contributed by atoms with Gasteiger partial charge in [-0.15, -0.1) is 0 Å². The second-order valence-electron chi connectivity index (χ2n) is 2.99. The lowest BCUT2D eigenvalue weighted by molar-refractivity contribution is -0.189. The van der Waals surface area contributed by atoms with Crippen LogP contribution < -0.4 is 4.74 Å². The number of carbonyl (C=O) groups excluding carboxylic acids is 1.